The summed E-state index contributed by atoms with van der Waals surface area (Å²) in [6.45, 7) is 8.26. The molecule has 0 radical (unpaired) electrons. The largest absolute Gasteiger partial charge is 0.380 e. The average molecular weight is 200 g/mol. The molecule has 0 spiro atoms. The van der Waals surface area contributed by atoms with Crippen LogP contribution in [0.2, 0.25) is 0 Å². The first-order chi connectivity index (χ1) is 6.75. The number of hydrogen-bond acceptors (Lipinski definition) is 3. The molecule has 3 nitrogen and oxygen atoms in total. The molecule has 0 aromatic rings. The molecule has 1 rings (SSSR count). The summed E-state index contributed by atoms with van der Waals surface area (Å²) in [5, 5.41) is 0. The van der Waals surface area contributed by atoms with Gasteiger partial charge in [-0.05, 0) is 46.2 Å². The van der Waals surface area contributed by atoms with Crippen molar-refractivity contribution in [2.75, 3.05) is 26.3 Å². The van der Waals surface area contributed by atoms with Crippen LogP contribution in [0.25, 0.3) is 0 Å². The Kier molecular flexibility index (Phi) is 5.45. The highest BCUT2D eigenvalue weighted by atomic mass is 16.5. The van der Waals surface area contributed by atoms with E-state index in [0.717, 1.165) is 32.7 Å². The third-order valence-corrected chi connectivity index (χ3v) is 2.89. The fraction of sp³-hybridized carbons (Fsp3) is 1.00. The molecule has 84 valence electrons. The van der Waals surface area contributed by atoms with Gasteiger partial charge in [0.25, 0.3) is 0 Å². The lowest BCUT2D eigenvalue weighted by atomic mass is 10.1. The lowest BCUT2D eigenvalue weighted by Crippen LogP contribution is -2.45. The van der Waals surface area contributed by atoms with Crippen LogP contribution in [0, 0.1) is 0 Å². The van der Waals surface area contributed by atoms with Gasteiger partial charge < -0.3 is 10.5 Å². The summed E-state index contributed by atoms with van der Waals surface area (Å²) in [6.07, 6.45) is 3.58. The first kappa shape index (κ1) is 12.0. The molecule has 14 heavy (non-hydrogen) atoms. The average Bonchev–Trinajstić information content (AvgIpc) is 2.19. The van der Waals surface area contributed by atoms with Crippen molar-refractivity contribution in [3.05, 3.63) is 0 Å². The molecule has 1 fully saturated rings. The van der Waals surface area contributed by atoms with E-state index >= 15 is 0 Å². The lowest BCUT2D eigenvalue weighted by molar-refractivity contribution is 0.00555. The molecular formula is C11H24N2O. The maximum Gasteiger partial charge on any atom is 0.0621 e. The third-order valence-electron chi connectivity index (χ3n) is 2.89. The van der Waals surface area contributed by atoms with E-state index in [1.807, 2.05) is 0 Å². The zero-order valence-corrected chi connectivity index (χ0v) is 9.54. The van der Waals surface area contributed by atoms with Crippen LogP contribution in [0.15, 0.2) is 0 Å². The Hall–Kier alpha value is -0.120. The highest BCUT2D eigenvalue weighted by Crippen LogP contribution is 2.16. The van der Waals surface area contributed by atoms with Gasteiger partial charge in [-0.1, -0.05) is 0 Å². The Morgan fingerprint density at radius 2 is 2.29 bits per heavy atom. The van der Waals surface area contributed by atoms with Crippen molar-refractivity contribution < 1.29 is 4.74 Å². The predicted octanol–water partition coefficient (Wildman–Crippen LogP) is 1.22. The molecule has 0 aliphatic carbocycles. The summed E-state index contributed by atoms with van der Waals surface area (Å²) in [5.74, 6) is 0. The highest BCUT2D eigenvalue weighted by Gasteiger charge is 2.22. The van der Waals surface area contributed by atoms with Gasteiger partial charge >= 0.3 is 0 Å². The third kappa shape index (κ3) is 3.56. The van der Waals surface area contributed by atoms with Gasteiger partial charge in [0.15, 0.2) is 0 Å². The van der Waals surface area contributed by atoms with Gasteiger partial charge in [0, 0.05) is 18.7 Å². The molecule has 1 heterocycles. The Balaban J connectivity index is 2.39. The number of hydrogen-bond donors (Lipinski definition) is 1. The second kappa shape index (κ2) is 6.38. The summed E-state index contributed by atoms with van der Waals surface area (Å²) in [6, 6.07) is 1.23. The SMILES string of the molecule is CC(C)N(CCCN)C1CCCOC1. The van der Waals surface area contributed by atoms with Crippen LogP contribution < -0.4 is 5.73 Å². The number of nitrogens with zero attached hydrogens (tertiary/aromatic N) is 1. The highest BCUT2D eigenvalue weighted by molar-refractivity contribution is 4.77. The standard InChI is InChI=1S/C11H24N2O/c1-10(2)13(7-4-6-12)11-5-3-8-14-9-11/h10-11H,3-9,12H2,1-2H3. The van der Waals surface area contributed by atoms with Crippen molar-refractivity contribution >= 4 is 0 Å². The van der Waals surface area contributed by atoms with Crippen LogP contribution in [0.1, 0.15) is 33.1 Å². The zero-order chi connectivity index (χ0) is 10.4. The molecule has 0 aromatic heterocycles. The van der Waals surface area contributed by atoms with Gasteiger partial charge in [-0.15, -0.1) is 0 Å². The second-order valence-corrected chi connectivity index (χ2v) is 4.34. The van der Waals surface area contributed by atoms with Crippen molar-refractivity contribution in [2.24, 2.45) is 5.73 Å². The minimum Gasteiger partial charge on any atom is -0.380 e. The van der Waals surface area contributed by atoms with Crippen molar-refractivity contribution in [2.45, 2.75) is 45.2 Å². The van der Waals surface area contributed by atoms with Crippen LogP contribution in [0.5, 0.6) is 0 Å². The van der Waals surface area contributed by atoms with E-state index in [9.17, 15) is 0 Å². The lowest BCUT2D eigenvalue weighted by Gasteiger charge is -2.37. The van der Waals surface area contributed by atoms with Gasteiger partial charge in [-0.25, -0.2) is 0 Å². The molecule has 1 aliphatic heterocycles. The minimum absolute atomic E-state index is 0.605. The van der Waals surface area contributed by atoms with E-state index in [-0.39, 0.29) is 0 Å². The first-order valence-corrected chi connectivity index (χ1v) is 5.79. The van der Waals surface area contributed by atoms with E-state index in [1.165, 1.54) is 12.8 Å². The topological polar surface area (TPSA) is 38.5 Å². The number of ether oxygens (including phenoxy) is 1. The molecule has 1 unspecified atom stereocenters. The van der Waals surface area contributed by atoms with Gasteiger partial charge in [0.2, 0.25) is 0 Å². The van der Waals surface area contributed by atoms with Crippen molar-refractivity contribution in [3.8, 4) is 0 Å². The van der Waals surface area contributed by atoms with Crippen molar-refractivity contribution in [1.29, 1.82) is 0 Å². The summed E-state index contributed by atoms with van der Waals surface area (Å²) in [4.78, 5) is 2.53. The minimum atomic E-state index is 0.605. The van der Waals surface area contributed by atoms with Crippen molar-refractivity contribution in [3.63, 3.8) is 0 Å². The predicted molar refractivity (Wildman–Crippen MR) is 59.4 cm³/mol. The fourth-order valence-corrected chi connectivity index (χ4v) is 2.12. The van der Waals surface area contributed by atoms with Crippen LogP contribution in [0.3, 0.4) is 0 Å². The summed E-state index contributed by atoms with van der Waals surface area (Å²) < 4.78 is 5.52. The Labute approximate surface area is 87.6 Å². The normalized spacial score (nSPS) is 23.4. The maximum atomic E-state index is 5.55. The fourth-order valence-electron chi connectivity index (χ4n) is 2.12. The monoisotopic (exact) mass is 200 g/mol. The Bertz CT molecular complexity index is 144. The van der Waals surface area contributed by atoms with Gasteiger partial charge in [-0.3, -0.25) is 4.90 Å². The van der Waals surface area contributed by atoms with Gasteiger partial charge in [-0.2, -0.15) is 0 Å². The summed E-state index contributed by atoms with van der Waals surface area (Å²) >= 11 is 0. The summed E-state index contributed by atoms with van der Waals surface area (Å²) in [7, 11) is 0. The zero-order valence-electron chi connectivity index (χ0n) is 9.54. The Morgan fingerprint density at radius 3 is 2.79 bits per heavy atom. The number of nitrogens with two attached hydrogens (primary N) is 1. The van der Waals surface area contributed by atoms with E-state index in [0.29, 0.717) is 12.1 Å². The molecule has 1 atom stereocenters. The molecule has 0 amide bonds. The van der Waals surface area contributed by atoms with E-state index in [2.05, 4.69) is 18.7 Å². The van der Waals surface area contributed by atoms with Crippen LogP contribution in [-0.2, 0) is 4.74 Å². The van der Waals surface area contributed by atoms with Gasteiger partial charge in [0.05, 0.1) is 6.61 Å². The molecule has 0 saturated carbocycles. The second-order valence-electron chi connectivity index (χ2n) is 4.34. The molecule has 0 aromatic carbocycles. The maximum absolute atomic E-state index is 5.55. The Morgan fingerprint density at radius 1 is 1.50 bits per heavy atom. The number of rotatable bonds is 5. The molecule has 1 saturated heterocycles. The molecule has 1 aliphatic rings. The quantitative estimate of drug-likeness (QED) is 0.725. The van der Waals surface area contributed by atoms with Crippen LogP contribution in [0.4, 0.5) is 0 Å². The van der Waals surface area contributed by atoms with Gasteiger partial charge in [0.1, 0.15) is 0 Å². The van der Waals surface area contributed by atoms with Crippen molar-refractivity contribution in [1.82, 2.24) is 4.90 Å². The molecule has 2 N–H and O–H groups in total. The smallest absolute Gasteiger partial charge is 0.0621 e. The van der Waals surface area contributed by atoms with Crippen LogP contribution >= 0.6 is 0 Å². The first-order valence-electron chi connectivity index (χ1n) is 5.79. The molecular weight excluding hydrogens is 176 g/mol. The van der Waals surface area contributed by atoms with E-state index in [4.69, 9.17) is 10.5 Å². The molecule has 0 bridgehead atoms. The summed E-state index contributed by atoms with van der Waals surface area (Å²) in [5.41, 5.74) is 5.55. The van der Waals surface area contributed by atoms with E-state index in [1.54, 1.807) is 0 Å². The van der Waals surface area contributed by atoms with Crippen LogP contribution in [-0.4, -0.2) is 43.3 Å². The van der Waals surface area contributed by atoms with E-state index < -0.39 is 0 Å². The molecule has 3 heteroatoms.